The molecule has 5 nitrogen and oxygen atoms in total. The fourth-order valence-corrected chi connectivity index (χ4v) is 2.44. The largest absolute Gasteiger partial charge is 0.333 e. The van der Waals surface area contributed by atoms with Gasteiger partial charge in [0.15, 0.2) is 0 Å². The van der Waals surface area contributed by atoms with Gasteiger partial charge in [0.25, 0.3) is 0 Å². The number of anilines is 1. The van der Waals surface area contributed by atoms with Crippen LogP contribution in [0.25, 0.3) is 11.5 Å². The van der Waals surface area contributed by atoms with Gasteiger partial charge in [0.1, 0.15) is 5.69 Å². The van der Waals surface area contributed by atoms with Crippen LogP contribution in [0.5, 0.6) is 0 Å². The van der Waals surface area contributed by atoms with Crippen molar-refractivity contribution in [2.75, 3.05) is 5.32 Å². The lowest BCUT2D eigenvalue weighted by atomic mass is 10.1. The highest BCUT2D eigenvalue weighted by atomic mass is 79.9. The van der Waals surface area contributed by atoms with Crippen LogP contribution in [0.1, 0.15) is 20.8 Å². The quantitative estimate of drug-likeness (QED) is 0.863. The maximum atomic E-state index is 5.14. The molecule has 2 rings (SSSR count). The normalized spacial score (nSPS) is 11.6. The van der Waals surface area contributed by atoms with Gasteiger partial charge in [0.2, 0.25) is 5.82 Å². The number of hydrogen-bond donors (Lipinski definition) is 1. The molecule has 2 aromatic heterocycles. The molecule has 7 heteroatoms. The van der Waals surface area contributed by atoms with Crippen LogP contribution in [-0.4, -0.2) is 20.7 Å². The van der Waals surface area contributed by atoms with Gasteiger partial charge in [-0.25, -0.2) is 0 Å². The first-order valence-electron chi connectivity index (χ1n) is 5.28. The Labute approximate surface area is 122 Å². The molecule has 18 heavy (non-hydrogen) atoms. The first kappa shape index (κ1) is 13.5. The molecule has 0 bridgehead atoms. The lowest BCUT2D eigenvalue weighted by Gasteiger charge is -2.17. The molecule has 0 radical (unpaired) electrons. The van der Waals surface area contributed by atoms with Crippen molar-refractivity contribution in [2.45, 2.75) is 26.3 Å². The number of aromatic nitrogens is 3. The number of halogens is 2. The van der Waals surface area contributed by atoms with E-state index in [4.69, 9.17) is 4.52 Å². The minimum atomic E-state index is -0.131. The summed E-state index contributed by atoms with van der Waals surface area (Å²) in [6.07, 6.45) is 1.69. The average molecular weight is 376 g/mol. The first-order chi connectivity index (χ1) is 8.35. The lowest BCUT2D eigenvalue weighted by Crippen LogP contribution is -2.26. The number of nitrogens with one attached hydrogen (secondary N) is 1. The van der Waals surface area contributed by atoms with Crippen LogP contribution in [0.2, 0.25) is 0 Å². The summed E-state index contributed by atoms with van der Waals surface area (Å²) in [5.74, 6) is 0.445. The van der Waals surface area contributed by atoms with Crippen LogP contribution < -0.4 is 5.32 Å². The molecule has 0 spiro atoms. The average Bonchev–Trinajstić information content (AvgIpc) is 2.63. The maximum Gasteiger partial charge on any atom is 0.322 e. The summed E-state index contributed by atoms with van der Waals surface area (Å²) in [5, 5.41) is 7.01. The number of pyridine rings is 1. The van der Waals surface area contributed by atoms with Crippen molar-refractivity contribution in [2.24, 2.45) is 0 Å². The Kier molecular flexibility index (Phi) is 3.72. The molecule has 0 aliphatic carbocycles. The summed E-state index contributed by atoms with van der Waals surface area (Å²) in [6, 6.07) is 2.27. The van der Waals surface area contributed by atoms with Crippen LogP contribution in [0.3, 0.4) is 0 Å². The van der Waals surface area contributed by atoms with Crippen molar-refractivity contribution in [1.29, 1.82) is 0 Å². The smallest absolute Gasteiger partial charge is 0.322 e. The van der Waals surface area contributed by atoms with Crippen LogP contribution in [0, 0.1) is 0 Å². The molecule has 2 aromatic rings. The van der Waals surface area contributed by atoms with E-state index in [-0.39, 0.29) is 5.54 Å². The molecule has 0 saturated heterocycles. The standard InChI is InChI=1S/C11H12Br2N4O/c1-11(2,3)16-10-15-9(17-18-10)8-7(13)4-6(12)5-14-8/h4-5H,1-3H3,(H,15,16,17). The van der Waals surface area contributed by atoms with Gasteiger partial charge >= 0.3 is 6.01 Å². The zero-order valence-electron chi connectivity index (χ0n) is 10.2. The Hall–Kier alpha value is -0.950. The van der Waals surface area contributed by atoms with Crippen LogP contribution >= 0.6 is 31.9 Å². The molecular weight excluding hydrogens is 364 g/mol. The molecule has 2 heterocycles. The van der Waals surface area contributed by atoms with Gasteiger partial charge < -0.3 is 9.84 Å². The summed E-state index contributed by atoms with van der Waals surface area (Å²) in [5.41, 5.74) is 0.512. The minimum Gasteiger partial charge on any atom is -0.333 e. The van der Waals surface area contributed by atoms with E-state index in [2.05, 4.69) is 52.3 Å². The predicted molar refractivity (Wildman–Crippen MR) is 76.3 cm³/mol. The minimum absolute atomic E-state index is 0.131. The second-order valence-electron chi connectivity index (χ2n) is 4.78. The van der Waals surface area contributed by atoms with Crippen LogP contribution in [-0.2, 0) is 0 Å². The highest BCUT2D eigenvalue weighted by molar-refractivity contribution is 9.11. The Morgan fingerprint density at radius 1 is 1.28 bits per heavy atom. The summed E-state index contributed by atoms with van der Waals surface area (Å²) >= 11 is 6.76. The van der Waals surface area contributed by atoms with E-state index < -0.39 is 0 Å². The molecule has 1 N–H and O–H groups in total. The fourth-order valence-electron chi connectivity index (χ4n) is 1.27. The number of nitrogens with zero attached hydrogens (tertiary/aromatic N) is 3. The monoisotopic (exact) mass is 374 g/mol. The predicted octanol–water partition coefficient (Wildman–Crippen LogP) is 3.87. The lowest BCUT2D eigenvalue weighted by molar-refractivity contribution is 0.420. The third kappa shape index (κ3) is 3.29. The van der Waals surface area contributed by atoms with Gasteiger partial charge in [0, 0.05) is 20.7 Å². The molecule has 0 amide bonds. The van der Waals surface area contributed by atoms with Crippen molar-refractivity contribution in [3.63, 3.8) is 0 Å². The Morgan fingerprint density at radius 3 is 2.61 bits per heavy atom. The van der Waals surface area contributed by atoms with Crippen LogP contribution in [0.4, 0.5) is 6.01 Å². The van der Waals surface area contributed by atoms with Gasteiger partial charge in [-0.2, -0.15) is 4.98 Å². The van der Waals surface area contributed by atoms with E-state index in [1.165, 1.54) is 0 Å². The van der Waals surface area contributed by atoms with Crippen molar-refractivity contribution < 1.29 is 4.52 Å². The third-order valence-electron chi connectivity index (χ3n) is 1.93. The van der Waals surface area contributed by atoms with Crippen molar-refractivity contribution in [3.05, 3.63) is 21.2 Å². The third-order valence-corrected chi connectivity index (χ3v) is 2.97. The number of hydrogen-bond acceptors (Lipinski definition) is 5. The molecule has 0 fully saturated rings. The second-order valence-corrected chi connectivity index (χ2v) is 6.55. The molecule has 96 valence electrons. The summed E-state index contributed by atoms with van der Waals surface area (Å²) in [4.78, 5) is 8.51. The van der Waals surface area contributed by atoms with Gasteiger partial charge in [-0.15, -0.1) is 0 Å². The topological polar surface area (TPSA) is 63.8 Å². The number of rotatable bonds is 2. The molecule has 0 unspecified atom stereocenters. The molecule has 0 aromatic carbocycles. The van der Waals surface area contributed by atoms with Crippen molar-refractivity contribution in [1.82, 2.24) is 15.1 Å². The van der Waals surface area contributed by atoms with E-state index in [1.807, 2.05) is 26.8 Å². The zero-order chi connectivity index (χ0) is 13.3. The van der Waals surface area contributed by atoms with E-state index in [9.17, 15) is 0 Å². The van der Waals surface area contributed by atoms with E-state index in [0.717, 1.165) is 8.95 Å². The summed E-state index contributed by atoms with van der Waals surface area (Å²) < 4.78 is 6.83. The zero-order valence-corrected chi connectivity index (χ0v) is 13.3. The van der Waals surface area contributed by atoms with Gasteiger partial charge in [0.05, 0.1) is 0 Å². The van der Waals surface area contributed by atoms with E-state index in [0.29, 0.717) is 17.5 Å². The maximum absolute atomic E-state index is 5.14. The van der Waals surface area contributed by atoms with Crippen molar-refractivity contribution in [3.8, 4) is 11.5 Å². The van der Waals surface area contributed by atoms with Gasteiger partial charge in [-0.3, -0.25) is 4.98 Å². The summed E-state index contributed by atoms with van der Waals surface area (Å²) in [7, 11) is 0. The van der Waals surface area contributed by atoms with E-state index >= 15 is 0 Å². The molecule has 0 atom stereocenters. The molecule has 0 aliphatic rings. The van der Waals surface area contributed by atoms with E-state index in [1.54, 1.807) is 6.20 Å². The fraction of sp³-hybridized carbons (Fsp3) is 0.364. The molecular formula is C11H12Br2N4O. The Bertz CT molecular complexity index is 562. The molecule has 0 aliphatic heterocycles. The Balaban J connectivity index is 2.29. The first-order valence-corrected chi connectivity index (χ1v) is 6.87. The summed E-state index contributed by atoms with van der Waals surface area (Å²) in [6.45, 7) is 6.06. The van der Waals surface area contributed by atoms with Crippen LogP contribution in [0.15, 0.2) is 25.7 Å². The highest BCUT2D eigenvalue weighted by Gasteiger charge is 2.17. The SMILES string of the molecule is CC(C)(C)Nc1nc(-c2ncc(Br)cc2Br)no1. The Morgan fingerprint density at radius 2 is 2.00 bits per heavy atom. The second kappa shape index (κ2) is 4.97. The molecule has 0 saturated carbocycles. The highest BCUT2D eigenvalue weighted by Crippen LogP contribution is 2.27. The van der Waals surface area contributed by atoms with Gasteiger partial charge in [-0.05, 0) is 58.7 Å². The van der Waals surface area contributed by atoms with Crippen molar-refractivity contribution >= 4 is 37.9 Å². The van der Waals surface area contributed by atoms with Gasteiger partial charge in [-0.1, -0.05) is 5.16 Å².